The number of hydrogen-bond donors (Lipinski definition) is 0. The van der Waals surface area contributed by atoms with Crippen LogP contribution in [0, 0.1) is 0 Å². The van der Waals surface area contributed by atoms with Crippen molar-refractivity contribution in [3.05, 3.63) is 60.3 Å². The first-order valence-corrected chi connectivity index (χ1v) is 8.53. The summed E-state index contributed by atoms with van der Waals surface area (Å²) in [5.41, 5.74) is 1.40. The van der Waals surface area contributed by atoms with E-state index in [0.29, 0.717) is 0 Å². The Balaban J connectivity index is 1.62. The molecule has 21 heavy (non-hydrogen) atoms. The van der Waals surface area contributed by atoms with Crippen LogP contribution in [0.15, 0.2) is 54.7 Å². The van der Waals surface area contributed by atoms with Crippen molar-refractivity contribution in [3.63, 3.8) is 0 Å². The van der Waals surface area contributed by atoms with E-state index in [9.17, 15) is 0 Å². The molecular formula is C19H19NS. The van der Waals surface area contributed by atoms with E-state index in [0.717, 1.165) is 6.42 Å². The molecule has 2 heterocycles. The maximum atomic E-state index is 2.43. The number of benzene rings is 2. The van der Waals surface area contributed by atoms with E-state index in [1.807, 2.05) is 11.3 Å². The van der Waals surface area contributed by atoms with Gasteiger partial charge in [-0.1, -0.05) is 30.3 Å². The second kappa shape index (κ2) is 5.53. The third-order valence-corrected chi connectivity index (χ3v) is 5.40. The minimum Gasteiger partial charge on any atom is -0.378 e. The number of allylic oxidation sites excluding steroid dienone is 1. The minimum atomic E-state index is 1.02. The average Bonchev–Trinajstić information content (AvgIpc) is 3.14. The van der Waals surface area contributed by atoms with Gasteiger partial charge in [-0.05, 0) is 49.2 Å². The number of thiophene rings is 1. The summed E-state index contributed by atoms with van der Waals surface area (Å²) in [5.74, 6) is 0. The molecule has 1 aliphatic heterocycles. The zero-order valence-electron chi connectivity index (χ0n) is 12.1. The van der Waals surface area contributed by atoms with Gasteiger partial charge in [-0.25, -0.2) is 0 Å². The summed E-state index contributed by atoms with van der Waals surface area (Å²) in [5, 5.41) is 2.80. The first kappa shape index (κ1) is 12.9. The summed E-state index contributed by atoms with van der Waals surface area (Å²) in [7, 11) is 0. The van der Waals surface area contributed by atoms with E-state index < -0.39 is 0 Å². The lowest BCUT2D eigenvalue weighted by atomic mass is 10.1. The lowest BCUT2D eigenvalue weighted by Gasteiger charge is -2.09. The van der Waals surface area contributed by atoms with Crippen molar-refractivity contribution < 1.29 is 0 Å². The van der Waals surface area contributed by atoms with Crippen molar-refractivity contribution in [3.8, 4) is 0 Å². The summed E-state index contributed by atoms with van der Waals surface area (Å²) in [6, 6.07) is 15.6. The SMILES string of the molecule is C(=CN1CCCC1)Cc1ccc2sc3ccccc3c2c1. The molecule has 1 nitrogen and oxygen atoms in total. The van der Waals surface area contributed by atoms with Gasteiger partial charge in [0.25, 0.3) is 0 Å². The molecule has 1 aliphatic rings. The van der Waals surface area contributed by atoms with Gasteiger partial charge in [-0.15, -0.1) is 11.3 Å². The van der Waals surface area contributed by atoms with E-state index in [1.54, 1.807) is 0 Å². The van der Waals surface area contributed by atoms with Gasteiger partial charge in [0, 0.05) is 33.3 Å². The number of fused-ring (bicyclic) bond motifs is 3. The topological polar surface area (TPSA) is 3.24 Å². The predicted molar refractivity (Wildman–Crippen MR) is 93.0 cm³/mol. The van der Waals surface area contributed by atoms with Crippen molar-refractivity contribution in [1.82, 2.24) is 4.90 Å². The van der Waals surface area contributed by atoms with Crippen LogP contribution in [-0.4, -0.2) is 18.0 Å². The second-order valence-corrected chi connectivity index (χ2v) is 6.84. The fraction of sp³-hybridized carbons (Fsp3) is 0.263. The van der Waals surface area contributed by atoms with E-state index in [-0.39, 0.29) is 0 Å². The molecule has 0 aliphatic carbocycles. The molecule has 2 aromatic carbocycles. The Morgan fingerprint density at radius 2 is 1.76 bits per heavy atom. The Kier molecular flexibility index (Phi) is 3.40. The van der Waals surface area contributed by atoms with Crippen LogP contribution in [0.25, 0.3) is 20.2 Å². The maximum Gasteiger partial charge on any atom is 0.0355 e. The quantitative estimate of drug-likeness (QED) is 0.641. The van der Waals surface area contributed by atoms with Crippen LogP contribution in [0.5, 0.6) is 0 Å². The summed E-state index contributed by atoms with van der Waals surface area (Å²) in [6.45, 7) is 2.45. The molecule has 0 bridgehead atoms. The first-order chi connectivity index (χ1) is 10.4. The summed E-state index contributed by atoms with van der Waals surface area (Å²) in [4.78, 5) is 2.43. The molecule has 0 saturated carbocycles. The fourth-order valence-electron chi connectivity index (χ4n) is 3.13. The number of likely N-dealkylation sites (tertiary alicyclic amines) is 1. The standard InChI is InChI=1S/C19H19NS/c1-2-8-18-16(7-1)17-14-15(9-10-19(17)21-18)6-5-13-20-11-3-4-12-20/h1-2,5,7-10,13-14H,3-4,6,11-12H2. The third-order valence-electron chi connectivity index (χ3n) is 4.25. The molecule has 0 spiro atoms. The predicted octanol–water partition coefficient (Wildman–Crippen LogP) is 5.21. The maximum absolute atomic E-state index is 2.43. The van der Waals surface area contributed by atoms with Gasteiger partial charge in [0.2, 0.25) is 0 Å². The van der Waals surface area contributed by atoms with E-state index in [4.69, 9.17) is 0 Å². The molecule has 0 N–H and O–H groups in total. The Morgan fingerprint density at radius 1 is 0.952 bits per heavy atom. The van der Waals surface area contributed by atoms with Crippen LogP contribution in [0.2, 0.25) is 0 Å². The molecule has 1 fully saturated rings. The van der Waals surface area contributed by atoms with Crippen LogP contribution in [0.1, 0.15) is 18.4 Å². The summed E-state index contributed by atoms with van der Waals surface area (Å²) in [6.07, 6.45) is 8.30. The highest BCUT2D eigenvalue weighted by Gasteiger charge is 2.07. The van der Waals surface area contributed by atoms with Gasteiger partial charge in [-0.3, -0.25) is 0 Å². The molecule has 0 unspecified atom stereocenters. The normalized spacial score (nSPS) is 15.7. The van der Waals surface area contributed by atoms with Gasteiger partial charge in [0.15, 0.2) is 0 Å². The smallest absolute Gasteiger partial charge is 0.0355 e. The molecule has 1 aromatic heterocycles. The monoisotopic (exact) mass is 293 g/mol. The average molecular weight is 293 g/mol. The third kappa shape index (κ3) is 2.56. The molecule has 2 heteroatoms. The molecule has 106 valence electrons. The van der Waals surface area contributed by atoms with E-state index >= 15 is 0 Å². The fourth-order valence-corrected chi connectivity index (χ4v) is 4.22. The summed E-state index contributed by atoms with van der Waals surface area (Å²) < 4.78 is 2.78. The molecule has 4 rings (SSSR count). The Hall–Kier alpha value is -1.80. The number of nitrogens with zero attached hydrogens (tertiary/aromatic N) is 1. The van der Waals surface area contributed by atoms with E-state index in [2.05, 4.69) is 59.6 Å². The molecular weight excluding hydrogens is 274 g/mol. The zero-order chi connectivity index (χ0) is 14.1. The lowest BCUT2D eigenvalue weighted by molar-refractivity contribution is 0.467. The largest absolute Gasteiger partial charge is 0.378 e. The summed E-state index contributed by atoms with van der Waals surface area (Å²) >= 11 is 1.89. The number of hydrogen-bond acceptors (Lipinski definition) is 2. The Bertz CT molecular complexity index is 794. The van der Waals surface area contributed by atoms with Crippen molar-refractivity contribution in [2.75, 3.05) is 13.1 Å². The van der Waals surface area contributed by atoms with Gasteiger partial charge < -0.3 is 4.90 Å². The number of rotatable bonds is 3. The van der Waals surface area contributed by atoms with Gasteiger partial charge in [0.05, 0.1) is 0 Å². The van der Waals surface area contributed by atoms with E-state index in [1.165, 1.54) is 51.7 Å². The van der Waals surface area contributed by atoms with Crippen LogP contribution >= 0.6 is 11.3 Å². The minimum absolute atomic E-state index is 1.02. The molecule has 0 radical (unpaired) electrons. The highest BCUT2D eigenvalue weighted by Crippen LogP contribution is 2.34. The zero-order valence-corrected chi connectivity index (χ0v) is 12.9. The highest BCUT2D eigenvalue weighted by molar-refractivity contribution is 7.25. The molecule has 0 amide bonds. The van der Waals surface area contributed by atoms with Crippen LogP contribution in [0.3, 0.4) is 0 Å². The van der Waals surface area contributed by atoms with Crippen LogP contribution in [0.4, 0.5) is 0 Å². The molecule has 3 aromatic rings. The lowest BCUT2D eigenvalue weighted by Crippen LogP contribution is -2.10. The van der Waals surface area contributed by atoms with Gasteiger partial charge >= 0.3 is 0 Å². The Labute approximate surface area is 129 Å². The Morgan fingerprint density at radius 3 is 2.67 bits per heavy atom. The van der Waals surface area contributed by atoms with Crippen molar-refractivity contribution in [1.29, 1.82) is 0 Å². The van der Waals surface area contributed by atoms with Crippen LogP contribution < -0.4 is 0 Å². The van der Waals surface area contributed by atoms with Gasteiger partial charge in [-0.2, -0.15) is 0 Å². The van der Waals surface area contributed by atoms with Crippen molar-refractivity contribution in [2.24, 2.45) is 0 Å². The second-order valence-electron chi connectivity index (χ2n) is 5.76. The molecule has 0 atom stereocenters. The highest BCUT2D eigenvalue weighted by atomic mass is 32.1. The van der Waals surface area contributed by atoms with Crippen molar-refractivity contribution >= 4 is 31.5 Å². The first-order valence-electron chi connectivity index (χ1n) is 7.71. The van der Waals surface area contributed by atoms with Gasteiger partial charge in [0.1, 0.15) is 0 Å². The van der Waals surface area contributed by atoms with Crippen LogP contribution in [-0.2, 0) is 6.42 Å². The van der Waals surface area contributed by atoms with Crippen molar-refractivity contribution in [2.45, 2.75) is 19.3 Å². The molecule has 1 saturated heterocycles.